The standard InChI is InChI=1S/C13H19N3O3/c17-12(15-8-3-1-2-4-9-15)6-10-16-11(13(18)19)5-7-14-16/h5,7H,1-4,6,8-10H2,(H,18,19). The van der Waals surface area contributed by atoms with E-state index in [0.717, 1.165) is 25.9 Å². The molecule has 1 aliphatic rings. The van der Waals surface area contributed by atoms with Crippen molar-refractivity contribution in [3.63, 3.8) is 0 Å². The maximum absolute atomic E-state index is 12.1. The highest BCUT2D eigenvalue weighted by molar-refractivity contribution is 5.85. The number of hydrogen-bond acceptors (Lipinski definition) is 3. The van der Waals surface area contributed by atoms with Gasteiger partial charge < -0.3 is 10.0 Å². The van der Waals surface area contributed by atoms with Gasteiger partial charge >= 0.3 is 5.97 Å². The maximum atomic E-state index is 12.1. The van der Waals surface area contributed by atoms with Gasteiger partial charge in [0.25, 0.3) is 0 Å². The van der Waals surface area contributed by atoms with Crippen molar-refractivity contribution in [2.75, 3.05) is 13.1 Å². The first-order valence-electron chi connectivity index (χ1n) is 6.71. The Hall–Kier alpha value is -1.85. The number of amides is 1. The Labute approximate surface area is 112 Å². The van der Waals surface area contributed by atoms with E-state index in [9.17, 15) is 9.59 Å². The average Bonchev–Trinajstić information content (AvgIpc) is 2.69. The van der Waals surface area contributed by atoms with Crippen molar-refractivity contribution >= 4 is 11.9 Å². The molecule has 0 atom stereocenters. The molecule has 1 aliphatic heterocycles. The van der Waals surface area contributed by atoms with Crippen LogP contribution in [0, 0.1) is 0 Å². The van der Waals surface area contributed by atoms with E-state index in [1.807, 2.05) is 4.90 Å². The summed E-state index contributed by atoms with van der Waals surface area (Å²) in [5.41, 5.74) is 0.128. The largest absolute Gasteiger partial charge is 0.477 e. The number of carbonyl (C=O) groups is 2. The van der Waals surface area contributed by atoms with Crippen LogP contribution in [0.1, 0.15) is 42.6 Å². The van der Waals surface area contributed by atoms with Gasteiger partial charge in [-0.1, -0.05) is 12.8 Å². The van der Waals surface area contributed by atoms with Crippen LogP contribution in [-0.4, -0.2) is 44.8 Å². The first-order valence-corrected chi connectivity index (χ1v) is 6.71. The number of nitrogens with zero attached hydrogens (tertiary/aromatic N) is 3. The molecule has 0 aromatic carbocycles. The fraction of sp³-hybridized carbons (Fsp3) is 0.615. The molecule has 1 fully saturated rings. The molecule has 19 heavy (non-hydrogen) atoms. The molecular weight excluding hydrogens is 246 g/mol. The molecule has 0 spiro atoms. The Morgan fingerprint density at radius 1 is 1.21 bits per heavy atom. The second-order valence-electron chi connectivity index (χ2n) is 4.79. The topological polar surface area (TPSA) is 75.4 Å². The van der Waals surface area contributed by atoms with Crippen molar-refractivity contribution in [1.29, 1.82) is 0 Å². The molecule has 0 aliphatic carbocycles. The fourth-order valence-electron chi connectivity index (χ4n) is 2.37. The summed E-state index contributed by atoms with van der Waals surface area (Å²) >= 11 is 0. The summed E-state index contributed by atoms with van der Waals surface area (Å²) in [7, 11) is 0. The third-order valence-electron chi connectivity index (χ3n) is 3.43. The van der Waals surface area contributed by atoms with E-state index in [2.05, 4.69) is 5.10 Å². The van der Waals surface area contributed by atoms with E-state index in [-0.39, 0.29) is 11.6 Å². The van der Waals surface area contributed by atoms with E-state index in [1.54, 1.807) is 0 Å². The second-order valence-corrected chi connectivity index (χ2v) is 4.79. The van der Waals surface area contributed by atoms with Crippen molar-refractivity contribution in [1.82, 2.24) is 14.7 Å². The SMILES string of the molecule is O=C(O)c1ccnn1CCC(=O)N1CCCCCC1. The highest BCUT2D eigenvalue weighted by Gasteiger charge is 2.17. The first-order chi connectivity index (χ1) is 9.18. The third kappa shape index (κ3) is 3.56. The van der Waals surface area contributed by atoms with Crippen LogP contribution < -0.4 is 0 Å². The van der Waals surface area contributed by atoms with Gasteiger partial charge in [0.2, 0.25) is 5.91 Å². The number of aromatic carboxylic acids is 1. The summed E-state index contributed by atoms with van der Waals surface area (Å²) in [5.74, 6) is -0.923. The molecule has 1 amide bonds. The quantitative estimate of drug-likeness (QED) is 0.892. The van der Waals surface area contributed by atoms with Crippen molar-refractivity contribution in [3.05, 3.63) is 18.0 Å². The lowest BCUT2D eigenvalue weighted by Gasteiger charge is -2.20. The Morgan fingerprint density at radius 3 is 2.53 bits per heavy atom. The number of carboxylic acid groups (broad SMARTS) is 1. The summed E-state index contributed by atoms with van der Waals surface area (Å²) in [6, 6.07) is 1.44. The molecule has 0 radical (unpaired) electrons. The lowest BCUT2D eigenvalue weighted by atomic mass is 10.2. The molecule has 2 heterocycles. The summed E-state index contributed by atoms with van der Waals surface area (Å²) in [5, 5.41) is 12.9. The maximum Gasteiger partial charge on any atom is 0.354 e. The molecule has 6 nitrogen and oxygen atoms in total. The molecule has 0 saturated carbocycles. The molecule has 1 aromatic heterocycles. The summed E-state index contributed by atoms with van der Waals surface area (Å²) < 4.78 is 1.37. The minimum atomic E-state index is -1.01. The van der Waals surface area contributed by atoms with Crippen LogP contribution in [0.4, 0.5) is 0 Å². The van der Waals surface area contributed by atoms with Crippen molar-refractivity contribution in [3.8, 4) is 0 Å². The third-order valence-corrected chi connectivity index (χ3v) is 3.43. The normalized spacial score (nSPS) is 16.1. The number of aromatic nitrogens is 2. The van der Waals surface area contributed by atoms with Gasteiger partial charge in [-0.2, -0.15) is 5.10 Å². The highest BCUT2D eigenvalue weighted by atomic mass is 16.4. The Morgan fingerprint density at radius 2 is 1.89 bits per heavy atom. The predicted octanol–water partition coefficient (Wildman–Crippen LogP) is 1.37. The minimum Gasteiger partial charge on any atom is -0.477 e. The van der Waals surface area contributed by atoms with Crippen molar-refractivity contribution < 1.29 is 14.7 Å². The van der Waals surface area contributed by atoms with Crippen molar-refractivity contribution in [2.24, 2.45) is 0 Å². The monoisotopic (exact) mass is 265 g/mol. The number of carbonyl (C=O) groups excluding carboxylic acids is 1. The van der Waals surface area contributed by atoms with E-state index in [4.69, 9.17) is 5.11 Å². The van der Waals surface area contributed by atoms with Gasteiger partial charge in [0, 0.05) is 25.7 Å². The van der Waals surface area contributed by atoms with Gasteiger partial charge in [-0.25, -0.2) is 4.79 Å². The Kier molecular flexibility index (Phi) is 4.54. The van der Waals surface area contributed by atoms with Crippen LogP contribution in [0.2, 0.25) is 0 Å². The summed E-state index contributed by atoms with van der Waals surface area (Å²) in [4.78, 5) is 24.9. The average molecular weight is 265 g/mol. The van der Waals surface area contributed by atoms with Gasteiger partial charge in [0.05, 0.1) is 6.54 Å². The lowest BCUT2D eigenvalue weighted by molar-refractivity contribution is -0.131. The van der Waals surface area contributed by atoms with E-state index in [1.165, 1.54) is 29.8 Å². The van der Waals surface area contributed by atoms with Crippen LogP contribution in [0.15, 0.2) is 12.3 Å². The van der Waals surface area contributed by atoms with Crippen LogP contribution in [0.5, 0.6) is 0 Å². The zero-order valence-electron chi connectivity index (χ0n) is 10.9. The number of aryl methyl sites for hydroxylation is 1. The van der Waals surface area contributed by atoms with Crippen molar-refractivity contribution in [2.45, 2.75) is 38.6 Å². The lowest BCUT2D eigenvalue weighted by Crippen LogP contribution is -2.32. The molecule has 1 aromatic rings. The van der Waals surface area contributed by atoms with Crippen LogP contribution in [0.25, 0.3) is 0 Å². The molecule has 6 heteroatoms. The number of hydrogen-bond donors (Lipinski definition) is 1. The molecule has 1 saturated heterocycles. The Balaban J connectivity index is 1.88. The fourth-order valence-corrected chi connectivity index (χ4v) is 2.37. The van der Waals surface area contributed by atoms with Gasteiger partial charge in [-0.15, -0.1) is 0 Å². The Bertz CT molecular complexity index is 448. The number of rotatable bonds is 4. The van der Waals surface area contributed by atoms with Gasteiger partial charge in [-0.3, -0.25) is 9.48 Å². The molecule has 0 bridgehead atoms. The second kappa shape index (κ2) is 6.36. The number of likely N-dealkylation sites (tertiary alicyclic amines) is 1. The minimum absolute atomic E-state index is 0.0914. The summed E-state index contributed by atoms with van der Waals surface area (Å²) in [6.07, 6.45) is 6.25. The van der Waals surface area contributed by atoms with Crippen LogP contribution in [-0.2, 0) is 11.3 Å². The molecule has 2 rings (SSSR count). The predicted molar refractivity (Wildman–Crippen MR) is 68.9 cm³/mol. The first kappa shape index (κ1) is 13.6. The zero-order valence-corrected chi connectivity index (χ0v) is 10.9. The highest BCUT2D eigenvalue weighted by Crippen LogP contribution is 2.11. The molecule has 104 valence electrons. The van der Waals surface area contributed by atoms with Gasteiger partial charge in [0.1, 0.15) is 5.69 Å². The summed E-state index contributed by atoms with van der Waals surface area (Å²) in [6.45, 7) is 1.97. The molecular formula is C13H19N3O3. The molecule has 1 N–H and O–H groups in total. The zero-order chi connectivity index (χ0) is 13.7. The van der Waals surface area contributed by atoms with E-state index >= 15 is 0 Å². The van der Waals surface area contributed by atoms with Gasteiger partial charge in [-0.05, 0) is 18.9 Å². The smallest absolute Gasteiger partial charge is 0.354 e. The van der Waals surface area contributed by atoms with Gasteiger partial charge in [0.15, 0.2) is 0 Å². The van der Waals surface area contributed by atoms with E-state index in [0.29, 0.717) is 13.0 Å². The molecule has 0 unspecified atom stereocenters. The van der Waals surface area contributed by atoms with Crippen LogP contribution in [0.3, 0.4) is 0 Å². The number of carboxylic acids is 1. The van der Waals surface area contributed by atoms with Crippen LogP contribution >= 0.6 is 0 Å². The van der Waals surface area contributed by atoms with E-state index < -0.39 is 5.97 Å².